The number of ether oxygens (including phenoxy) is 1. The average molecular weight is 411 g/mol. The average Bonchev–Trinajstić information content (AvgIpc) is 2.60. The lowest BCUT2D eigenvalue weighted by Crippen LogP contribution is -2.35. The number of nitrogens with one attached hydrogen (secondary N) is 2. The van der Waals surface area contributed by atoms with Gasteiger partial charge in [0.25, 0.3) is 5.91 Å². The summed E-state index contributed by atoms with van der Waals surface area (Å²) in [7, 11) is -3.85. The van der Waals surface area contributed by atoms with E-state index in [1.54, 1.807) is 36.4 Å². The number of anilines is 1. The van der Waals surface area contributed by atoms with Gasteiger partial charge in [-0.25, -0.2) is 8.42 Å². The molecule has 7 nitrogen and oxygen atoms in total. The van der Waals surface area contributed by atoms with Gasteiger partial charge in [-0.15, -0.1) is 0 Å². The van der Waals surface area contributed by atoms with Crippen LogP contribution >= 0.6 is 11.6 Å². The number of carbonyl (C=O) groups excluding carboxylic acids is 2. The highest BCUT2D eigenvalue weighted by Gasteiger charge is 2.20. The van der Waals surface area contributed by atoms with Crippen molar-refractivity contribution in [2.45, 2.75) is 24.8 Å². The van der Waals surface area contributed by atoms with Crippen molar-refractivity contribution in [3.8, 4) is 0 Å². The van der Waals surface area contributed by atoms with E-state index >= 15 is 0 Å². The molecule has 0 aliphatic heterocycles. The Labute approximate surface area is 162 Å². The van der Waals surface area contributed by atoms with Crippen LogP contribution in [0.25, 0.3) is 0 Å². The van der Waals surface area contributed by atoms with E-state index < -0.39 is 34.5 Å². The van der Waals surface area contributed by atoms with Gasteiger partial charge in [0.2, 0.25) is 10.0 Å². The van der Waals surface area contributed by atoms with Gasteiger partial charge in [-0.3, -0.25) is 9.59 Å². The molecular weight excluding hydrogens is 392 g/mol. The van der Waals surface area contributed by atoms with Crippen LogP contribution in [0.2, 0.25) is 5.02 Å². The highest BCUT2D eigenvalue weighted by molar-refractivity contribution is 7.89. The second-order valence-electron chi connectivity index (χ2n) is 5.77. The number of hydrogen-bond acceptors (Lipinski definition) is 5. The van der Waals surface area contributed by atoms with Gasteiger partial charge < -0.3 is 10.1 Å². The lowest BCUT2D eigenvalue weighted by molar-refractivity contribution is -0.151. The van der Waals surface area contributed by atoms with Crippen molar-refractivity contribution < 1.29 is 22.7 Å². The molecule has 27 heavy (non-hydrogen) atoms. The van der Waals surface area contributed by atoms with E-state index in [0.717, 1.165) is 5.56 Å². The van der Waals surface area contributed by atoms with Crippen LogP contribution in [0.1, 0.15) is 12.5 Å². The maximum atomic E-state index is 12.1. The van der Waals surface area contributed by atoms with Crippen molar-refractivity contribution in [2.75, 3.05) is 11.9 Å². The van der Waals surface area contributed by atoms with Gasteiger partial charge in [-0.2, -0.15) is 4.72 Å². The first-order valence-corrected chi connectivity index (χ1v) is 9.86. The molecular formula is C18H19ClN2O5S. The second kappa shape index (κ2) is 8.98. The highest BCUT2D eigenvalue weighted by atomic mass is 35.5. The number of sulfonamides is 1. The van der Waals surface area contributed by atoms with E-state index in [1.807, 2.05) is 6.92 Å². The number of benzene rings is 2. The van der Waals surface area contributed by atoms with E-state index in [1.165, 1.54) is 19.1 Å². The molecule has 0 spiro atoms. The third-order valence-corrected chi connectivity index (χ3v) is 5.16. The van der Waals surface area contributed by atoms with Crippen molar-refractivity contribution in [3.63, 3.8) is 0 Å². The van der Waals surface area contributed by atoms with Crippen molar-refractivity contribution in [2.24, 2.45) is 0 Å². The van der Waals surface area contributed by atoms with Gasteiger partial charge in [-0.1, -0.05) is 35.4 Å². The molecule has 9 heteroatoms. The largest absolute Gasteiger partial charge is 0.452 e. The minimum Gasteiger partial charge on any atom is -0.452 e. The normalized spacial score (nSPS) is 12.3. The Morgan fingerprint density at radius 2 is 1.81 bits per heavy atom. The van der Waals surface area contributed by atoms with Gasteiger partial charge >= 0.3 is 5.97 Å². The first-order valence-electron chi connectivity index (χ1n) is 7.99. The standard InChI is InChI=1S/C18H19ClN2O5S/c1-12-6-8-16(9-7-12)27(24,25)20-11-17(22)26-13(2)18(23)21-15-5-3-4-14(19)10-15/h3-10,13,20H,11H2,1-2H3,(H,21,23)/t13-/m0/s1. The van der Waals surface area contributed by atoms with Crippen molar-refractivity contribution >= 4 is 39.2 Å². The SMILES string of the molecule is Cc1ccc(S(=O)(=O)NCC(=O)O[C@@H](C)C(=O)Nc2cccc(Cl)c2)cc1. The fraction of sp³-hybridized carbons (Fsp3) is 0.222. The van der Waals surface area contributed by atoms with E-state index in [2.05, 4.69) is 10.0 Å². The van der Waals surface area contributed by atoms with Crippen LogP contribution in [0.15, 0.2) is 53.4 Å². The van der Waals surface area contributed by atoms with E-state index in [0.29, 0.717) is 10.7 Å². The number of amides is 1. The summed E-state index contributed by atoms with van der Waals surface area (Å²) in [5.74, 6) is -1.44. The van der Waals surface area contributed by atoms with Crippen LogP contribution < -0.4 is 10.0 Å². The predicted molar refractivity (Wildman–Crippen MR) is 102 cm³/mol. The fourth-order valence-electron chi connectivity index (χ4n) is 2.06. The zero-order valence-corrected chi connectivity index (χ0v) is 16.3. The minimum atomic E-state index is -3.85. The highest BCUT2D eigenvalue weighted by Crippen LogP contribution is 2.15. The Hall–Kier alpha value is -2.42. The number of hydrogen-bond donors (Lipinski definition) is 2. The Bertz CT molecular complexity index is 929. The first kappa shape index (κ1) is 20.9. The summed E-state index contributed by atoms with van der Waals surface area (Å²) in [6.45, 7) is 2.62. The summed E-state index contributed by atoms with van der Waals surface area (Å²) in [6, 6.07) is 12.7. The molecule has 2 N–H and O–H groups in total. The smallest absolute Gasteiger partial charge is 0.321 e. The van der Waals surface area contributed by atoms with E-state index in [9.17, 15) is 18.0 Å². The third-order valence-electron chi connectivity index (χ3n) is 3.51. The van der Waals surface area contributed by atoms with Crippen LogP contribution in [-0.2, 0) is 24.3 Å². The molecule has 2 rings (SSSR count). The molecule has 0 aliphatic rings. The molecule has 0 fully saturated rings. The molecule has 0 saturated carbocycles. The van der Waals surface area contributed by atoms with Gasteiger partial charge in [0.15, 0.2) is 6.10 Å². The Kier molecular flexibility index (Phi) is 6.95. The van der Waals surface area contributed by atoms with Crippen molar-refractivity contribution in [1.82, 2.24) is 4.72 Å². The maximum Gasteiger partial charge on any atom is 0.321 e. The molecule has 0 heterocycles. The number of halogens is 1. The Morgan fingerprint density at radius 3 is 2.44 bits per heavy atom. The molecule has 0 aliphatic carbocycles. The Balaban J connectivity index is 1.87. The summed E-state index contributed by atoms with van der Waals surface area (Å²) in [5, 5.41) is 3.00. The van der Waals surface area contributed by atoms with Crippen LogP contribution in [0.3, 0.4) is 0 Å². The van der Waals surface area contributed by atoms with Gasteiger partial charge in [0.1, 0.15) is 6.54 Å². The lowest BCUT2D eigenvalue weighted by atomic mass is 10.2. The van der Waals surface area contributed by atoms with Gasteiger partial charge in [0.05, 0.1) is 4.90 Å². The van der Waals surface area contributed by atoms with Gasteiger partial charge in [0, 0.05) is 10.7 Å². The molecule has 0 aromatic heterocycles. The zero-order chi connectivity index (χ0) is 20.0. The molecule has 1 atom stereocenters. The topological polar surface area (TPSA) is 102 Å². The molecule has 0 bridgehead atoms. The lowest BCUT2D eigenvalue weighted by Gasteiger charge is -2.14. The van der Waals surface area contributed by atoms with Crippen LogP contribution in [0, 0.1) is 6.92 Å². The quantitative estimate of drug-likeness (QED) is 0.683. The molecule has 144 valence electrons. The molecule has 1 amide bonds. The van der Waals surface area contributed by atoms with Crippen molar-refractivity contribution in [3.05, 3.63) is 59.1 Å². The van der Waals surface area contributed by atoms with Crippen LogP contribution in [0.5, 0.6) is 0 Å². The number of esters is 1. The van der Waals surface area contributed by atoms with E-state index in [-0.39, 0.29) is 4.90 Å². The number of rotatable bonds is 7. The number of aryl methyl sites for hydroxylation is 1. The Morgan fingerprint density at radius 1 is 1.15 bits per heavy atom. The third kappa shape index (κ3) is 6.35. The van der Waals surface area contributed by atoms with E-state index in [4.69, 9.17) is 16.3 Å². The molecule has 2 aromatic rings. The molecule has 2 aromatic carbocycles. The summed E-state index contributed by atoms with van der Waals surface area (Å²) < 4.78 is 31.4. The van der Waals surface area contributed by atoms with Crippen molar-refractivity contribution in [1.29, 1.82) is 0 Å². The second-order valence-corrected chi connectivity index (χ2v) is 7.97. The van der Waals surface area contributed by atoms with Crippen LogP contribution in [-0.4, -0.2) is 32.9 Å². The molecule has 0 unspecified atom stereocenters. The molecule has 0 saturated heterocycles. The monoisotopic (exact) mass is 410 g/mol. The fourth-order valence-corrected chi connectivity index (χ4v) is 3.22. The predicted octanol–water partition coefficient (Wildman–Crippen LogP) is 2.50. The number of carbonyl (C=O) groups is 2. The minimum absolute atomic E-state index is 0.0349. The maximum absolute atomic E-state index is 12.1. The summed E-state index contributed by atoms with van der Waals surface area (Å²) in [5.41, 5.74) is 1.36. The first-order chi connectivity index (χ1) is 12.7. The van der Waals surface area contributed by atoms with Crippen LogP contribution in [0.4, 0.5) is 5.69 Å². The molecule has 0 radical (unpaired) electrons. The van der Waals surface area contributed by atoms with Gasteiger partial charge in [-0.05, 0) is 44.2 Å². The summed E-state index contributed by atoms with van der Waals surface area (Å²) in [6.07, 6.45) is -1.11. The summed E-state index contributed by atoms with van der Waals surface area (Å²) in [4.78, 5) is 23.9. The zero-order valence-electron chi connectivity index (χ0n) is 14.7. The summed E-state index contributed by atoms with van der Waals surface area (Å²) >= 11 is 5.83.